The Kier molecular flexibility index (Phi) is 8.68. The summed E-state index contributed by atoms with van der Waals surface area (Å²) in [4.78, 5) is 10.4. The van der Waals surface area contributed by atoms with Crippen molar-refractivity contribution in [2.45, 2.75) is 0 Å². The highest BCUT2D eigenvalue weighted by Crippen LogP contribution is 2.45. The largest absolute Gasteiger partial charge is 0.435 e. The first-order chi connectivity index (χ1) is 30.7. The molecule has 12 aromatic rings. The Balaban J connectivity index is 0.983. The van der Waals surface area contributed by atoms with E-state index >= 15 is 0 Å². The van der Waals surface area contributed by atoms with Crippen molar-refractivity contribution in [1.82, 2.24) is 9.97 Å². The van der Waals surface area contributed by atoms with Crippen LogP contribution in [0.4, 0.5) is 0 Å². The summed E-state index contributed by atoms with van der Waals surface area (Å²) < 4.78 is 9.22. The first-order valence-corrected chi connectivity index (χ1v) is 21.7. The second kappa shape index (κ2) is 15.0. The van der Waals surface area contributed by atoms with E-state index in [1.807, 2.05) is 12.1 Å². The first kappa shape index (κ1) is 36.0. The predicted octanol–water partition coefficient (Wildman–Crippen LogP) is 16.4. The molecule has 0 fully saturated rings. The number of hydrogen-bond donors (Lipinski definition) is 0. The molecule has 62 heavy (non-hydrogen) atoms. The fourth-order valence-electron chi connectivity index (χ4n) is 9.03. The molecule has 3 aromatic heterocycles. The van der Waals surface area contributed by atoms with Gasteiger partial charge in [-0.25, -0.2) is 9.97 Å². The van der Waals surface area contributed by atoms with Gasteiger partial charge in [-0.3, -0.25) is 0 Å². The van der Waals surface area contributed by atoms with Crippen LogP contribution in [0.2, 0.25) is 0 Å². The highest BCUT2D eigenvalue weighted by molar-refractivity contribution is 7.25. The molecule has 0 aliphatic rings. The predicted molar refractivity (Wildman–Crippen MR) is 260 cm³/mol. The number of benzene rings is 9. The van der Waals surface area contributed by atoms with E-state index in [2.05, 4.69) is 206 Å². The molecule has 0 radical (unpaired) electrons. The van der Waals surface area contributed by atoms with Crippen LogP contribution in [0.1, 0.15) is 0 Å². The van der Waals surface area contributed by atoms with Crippen LogP contribution >= 0.6 is 11.3 Å². The van der Waals surface area contributed by atoms with E-state index < -0.39 is 0 Å². The van der Waals surface area contributed by atoms with Crippen molar-refractivity contribution in [1.29, 1.82) is 0 Å². The topological polar surface area (TPSA) is 38.9 Å². The van der Waals surface area contributed by atoms with Gasteiger partial charge in [-0.2, -0.15) is 0 Å². The van der Waals surface area contributed by atoms with Gasteiger partial charge in [-0.15, -0.1) is 11.3 Å². The number of oxazole rings is 1. The Bertz CT molecular complexity index is 3570. The number of para-hydroxylation sites is 1. The van der Waals surface area contributed by atoms with Gasteiger partial charge in [-0.1, -0.05) is 182 Å². The zero-order valence-corrected chi connectivity index (χ0v) is 34.3. The molecule has 0 N–H and O–H groups in total. The van der Waals surface area contributed by atoms with E-state index in [1.165, 1.54) is 36.5 Å². The number of aromatic nitrogens is 2. The molecule has 4 heteroatoms. The van der Waals surface area contributed by atoms with E-state index in [9.17, 15) is 0 Å². The maximum Gasteiger partial charge on any atom is 0.228 e. The first-order valence-electron chi connectivity index (χ1n) is 20.9. The monoisotopic (exact) mass is 808 g/mol. The van der Waals surface area contributed by atoms with Crippen molar-refractivity contribution in [2.24, 2.45) is 0 Å². The molecule has 0 bridgehead atoms. The molecule has 3 nitrogen and oxygen atoms in total. The normalized spacial score (nSPS) is 11.5. The van der Waals surface area contributed by atoms with E-state index in [4.69, 9.17) is 14.4 Å². The number of hydrogen-bond acceptors (Lipinski definition) is 4. The van der Waals surface area contributed by atoms with Gasteiger partial charge < -0.3 is 4.42 Å². The van der Waals surface area contributed by atoms with E-state index in [-0.39, 0.29) is 0 Å². The molecular formula is C58H36N2OS. The van der Waals surface area contributed by atoms with Crippen LogP contribution in [0.25, 0.3) is 121 Å². The molecule has 0 spiro atoms. The van der Waals surface area contributed by atoms with Gasteiger partial charge in [0, 0.05) is 42.4 Å². The van der Waals surface area contributed by atoms with Crippen LogP contribution in [0.15, 0.2) is 223 Å². The van der Waals surface area contributed by atoms with Gasteiger partial charge in [0.1, 0.15) is 5.52 Å². The molecule has 0 saturated heterocycles. The highest BCUT2D eigenvalue weighted by Gasteiger charge is 2.20. The summed E-state index contributed by atoms with van der Waals surface area (Å²) >= 11 is 1.80. The second-order valence-electron chi connectivity index (χ2n) is 15.6. The molecule has 0 saturated carbocycles. The minimum Gasteiger partial charge on any atom is -0.435 e. The molecule has 290 valence electrons. The number of pyridine rings is 1. The number of thiophene rings is 1. The summed E-state index contributed by atoms with van der Waals surface area (Å²) in [5.41, 5.74) is 15.6. The van der Waals surface area contributed by atoms with Crippen molar-refractivity contribution < 1.29 is 4.42 Å². The fraction of sp³-hybridized carbons (Fsp3) is 0. The molecule has 9 aromatic carbocycles. The third-order valence-electron chi connectivity index (χ3n) is 12.0. The lowest BCUT2D eigenvalue weighted by molar-refractivity contribution is 0.621. The zero-order valence-electron chi connectivity index (χ0n) is 33.5. The summed E-state index contributed by atoms with van der Waals surface area (Å²) in [7, 11) is 0. The summed E-state index contributed by atoms with van der Waals surface area (Å²) in [6.07, 6.45) is 0. The van der Waals surface area contributed by atoms with Crippen LogP contribution in [0, 0.1) is 0 Å². The Morgan fingerprint density at radius 3 is 1.82 bits per heavy atom. The average Bonchev–Trinajstić information content (AvgIpc) is 3.97. The maximum absolute atomic E-state index is 6.73. The minimum absolute atomic E-state index is 0.636. The molecule has 0 atom stereocenters. The average molecular weight is 809 g/mol. The van der Waals surface area contributed by atoms with Crippen LogP contribution in [-0.2, 0) is 0 Å². The van der Waals surface area contributed by atoms with Gasteiger partial charge in [-0.05, 0) is 86.1 Å². The molecule has 0 amide bonds. The summed E-state index contributed by atoms with van der Waals surface area (Å²) in [5, 5.41) is 4.80. The van der Waals surface area contributed by atoms with Gasteiger partial charge in [0.15, 0.2) is 5.58 Å². The maximum atomic E-state index is 6.73. The van der Waals surface area contributed by atoms with Gasteiger partial charge in [0.2, 0.25) is 5.89 Å². The van der Waals surface area contributed by atoms with Crippen LogP contribution in [0.3, 0.4) is 0 Å². The van der Waals surface area contributed by atoms with Gasteiger partial charge in [0.25, 0.3) is 0 Å². The lowest BCUT2D eigenvalue weighted by Crippen LogP contribution is -1.95. The van der Waals surface area contributed by atoms with Crippen molar-refractivity contribution in [3.05, 3.63) is 218 Å². The Hall–Kier alpha value is -7.92. The molecule has 0 aliphatic heterocycles. The SMILES string of the molecule is c1ccc(-c2cc(-c3ccccc3)nc(-c3ccccc3-c3ccc4ccccc4c3-c3ccc(-c4cccc5nc(-c6cccc7sc8ccccc8c67)oc45)cc3)c2)cc1. The third-order valence-corrected chi connectivity index (χ3v) is 13.1. The number of fused-ring (bicyclic) bond motifs is 5. The summed E-state index contributed by atoms with van der Waals surface area (Å²) in [6, 6.07) is 77.5. The lowest BCUT2D eigenvalue weighted by atomic mass is 9.86. The van der Waals surface area contributed by atoms with Gasteiger partial charge in [0.05, 0.1) is 11.4 Å². The minimum atomic E-state index is 0.636. The van der Waals surface area contributed by atoms with Crippen molar-refractivity contribution in [3.63, 3.8) is 0 Å². The standard InChI is InChI=1S/C58H36N2OS/c1-3-15-37(16-4-1)42-35-51(40-18-5-2-6-19-40)59-52(36-42)46-22-10-9-21-45(46)47-34-33-38-17-7-8-20-43(38)55(47)41-31-29-39(30-32-41)44-24-13-26-50-57(44)61-58(60-50)49-25-14-28-54-56(49)48-23-11-12-27-53(48)62-54/h1-36H. The highest BCUT2D eigenvalue weighted by atomic mass is 32.1. The summed E-state index contributed by atoms with van der Waals surface area (Å²) in [5.74, 6) is 0.636. The van der Waals surface area contributed by atoms with Crippen molar-refractivity contribution in [3.8, 4) is 78.5 Å². The Morgan fingerprint density at radius 1 is 0.355 bits per heavy atom. The third kappa shape index (κ3) is 6.20. The van der Waals surface area contributed by atoms with Crippen molar-refractivity contribution >= 4 is 53.4 Å². The second-order valence-corrected chi connectivity index (χ2v) is 16.7. The molecule has 0 unspecified atom stereocenters. The Labute approximate surface area is 362 Å². The fourth-order valence-corrected chi connectivity index (χ4v) is 10.2. The van der Waals surface area contributed by atoms with E-state index in [1.54, 1.807) is 11.3 Å². The van der Waals surface area contributed by atoms with Crippen LogP contribution < -0.4 is 0 Å². The summed E-state index contributed by atoms with van der Waals surface area (Å²) in [6.45, 7) is 0. The van der Waals surface area contributed by atoms with Gasteiger partial charge >= 0.3 is 0 Å². The van der Waals surface area contributed by atoms with E-state index in [0.29, 0.717) is 5.89 Å². The quantitative estimate of drug-likeness (QED) is 0.161. The molecule has 0 aliphatic carbocycles. The number of nitrogens with zero attached hydrogens (tertiary/aromatic N) is 2. The zero-order chi connectivity index (χ0) is 41.0. The van der Waals surface area contributed by atoms with Crippen LogP contribution in [-0.4, -0.2) is 9.97 Å². The number of rotatable bonds is 7. The smallest absolute Gasteiger partial charge is 0.228 e. The Morgan fingerprint density at radius 2 is 0.984 bits per heavy atom. The van der Waals surface area contributed by atoms with E-state index in [0.717, 1.165) is 78.1 Å². The molecule has 12 rings (SSSR count). The van der Waals surface area contributed by atoms with Crippen LogP contribution in [0.5, 0.6) is 0 Å². The van der Waals surface area contributed by atoms with Crippen molar-refractivity contribution in [2.75, 3.05) is 0 Å². The molecular weight excluding hydrogens is 773 g/mol. The lowest BCUT2D eigenvalue weighted by Gasteiger charge is -2.18. The molecule has 3 heterocycles.